The summed E-state index contributed by atoms with van der Waals surface area (Å²) in [6.07, 6.45) is 1.14. The number of carbonyl (C=O) groups is 2. The van der Waals surface area contributed by atoms with Crippen molar-refractivity contribution in [3.63, 3.8) is 0 Å². The lowest BCUT2D eigenvalue weighted by atomic mass is 10.1. The first kappa shape index (κ1) is 24.6. The SMILES string of the molecule is Cn1cc2c(c1C(=O)Nc1cc(F)c(F)c(F)c1)OCC1CN(C(=O)c3nonc3N)CC1NS2(=O)=O. The molecule has 2 aliphatic heterocycles. The lowest BCUT2D eigenvalue weighted by Gasteiger charge is -2.23. The third-order valence-corrected chi connectivity index (χ3v) is 7.52. The molecular formula is C20H18F3N7O6S. The van der Waals surface area contributed by atoms with Gasteiger partial charge in [-0.2, -0.15) is 0 Å². The average molecular weight is 541 g/mol. The molecule has 4 N–H and O–H groups in total. The van der Waals surface area contributed by atoms with E-state index in [4.69, 9.17) is 10.5 Å². The molecule has 0 spiro atoms. The van der Waals surface area contributed by atoms with Crippen LogP contribution >= 0.6 is 0 Å². The fraction of sp³-hybridized carbons (Fsp3) is 0.300. The number of nitrogen functional groups attached to an aromatic ring is 1. The van der Waals surface area contributed by atoms with E-state index in [2.05, 4.69) is 25.0 Å². The van der Waals surface area contributed by atoms with Crippen LogP contribution in [0.2, 0.25) is 0 Å². The number of halogens is 3. The molecule has 0 aliphatic carbocycles. The highest BCUT2D eigenvalue weighted by atomic mass is 32.2. The maximum absolute atomic E-state index is 13.6. The van der Waals surface area contributed by atoms with Gasteiger partial charge in [-0.25, -0.2) is 30.9 Å². The number of nitrogens with one attached hydrogen (secondary N) is 2. The number of hydrogen-bond acceptors (Lipinski definition) is 9. The summed E-state index contributed by atoms with van der Waals surface area (Å²) in [6, 6.07) is 0.424. The summed E-state index contributed by atoms with van der Waals surface area (Å²) in [4.78, 5) is 26.7. The Bertz CT molecular complexity index is 1520. The summed E-state index contributed by atoms with van der Waals surface area (Å²) in [5.41, 5.74) is 4.70. The van der Waals surface area contributed by atoms with Crippen molar-refractivity contribution >= 4 is 33.3 Å². The number of anilines is 2. The van der Waals surface area contributed by atoms with Crippen LogP contribution in [0.3, 0.4) is 0 Å². The minimum Gasteiger partial charge on any atom is -0.489 e. The van der Waals surface area contributed by atoms with Gasteiger partial charge in [-0.1, -0.05) is 0 Å². The maximum Gasteiger partial charge on any atom is 0.280 e. The molecule has 2 aromatic heterocycles. The summed E-state index contributed by atoms with van der Waals surface area (Å²) in [5, 5.41) is 9.04. The van der Waals surface area contributed by atoms with Crippen molar-refractivity contribution in [2.45, 2.75) is 10.9 Å². The summed E-state index contributed by atoms with van der Waals surface area (Å²) in [6.45, 7) is -0.0492. The number of nitrogens with two attached hydrogens (primary N) is 1. The molecule has 4 heterocycles. The van der Waals surface area contributed by atoms with Crippen LogP contribution in [-0.4, -0.2) is 65.8 Å². The topological polar surface area (TPSA) is 175 Å². The second kappa shape index (κ2) is 8.77. The Balaban J connectivity index is 1.42. The van der Waals surface area contributed by atoms with Gasteiger partial charge in [0.05, 0.1) is 6.61 Å². The molecule has 13 nitrogen and oxygen atoms in total. The molecule has 3 aromatic rings. The third kappa shape index (κ3) is 4.25. The molecule has 1 aromatic carbocycles. The van der Waals surface area contributed by atoms with Crippen molar-refractivity contribution in [2.75, 3.05) is 30.7 Å². The fourth-order valence-electron chi connectivity index (χ4n) is 4.27. The molecule has 2 unspecified atom stereocenters. The number of hydrogen-bond donors (Lipinski definition) is 3. The zero-order chi connectivity index (χ0) is 26.6. The van der Waals surface area contributed by atoms with E-state index in [1.54, 1.807) is 0 Å². The van der Waals surface area contributed by atoms with E-state index < -0.39 is 56.9 Å². The second-order valence-corrected chi connectivity index (χ2v) is 10.2. The number of carbonyl (C=O) groups excluding carboxylic acids is 2. The summed E-state index contributed by atoms with van der Waals surface area (Å²) in [5.74, 6) is -7.35. The Kier molecular flexibility index (Phi) is 5.82. The van der Waals surface area contributed by atoms with E-state index in [9.17, 15) is 31.2 Å². The molecule has 37 heavy (non-hydrogen) atoms. The highest BCUT2D eigenvalue weighted by Crippen LogP contribution is 2.35. The number of aryl methyl sites for hydroxylation is 1. The van der Waals surface area contributed by atoms with Crippen molar-refractivity contribution in [3.05, 3.63) is 47.2 Å². The standard InChI is InChI=1S/C20H18F3N7O6S/c1-29-6-13-17(16(29)19(31)25-9-2-10(21)14(23)11(22)3-9)35-7-8-4-30(5-12(8)28-37(13,33)34)20(32)15-18(24)27-36-26-15/h2-3,6,8,12,28H,4-5,7H2,1H3,(H2,24,27)(H,25,31). The van der Waals surface area contributed by atoms with Crippen molar-refractivity contribution < 1.29 is 40.5 Å². The molecule has 2 atom stereocenters. The molecule has 5 rings (SSSR count). The smallest absolute Gasteiger partial charge is 0.280 e. The van der Waals surface area contributed by atoms with E-state index in [0.717, 1.165) is 6.20 Å². The summed E-state index contributed by atoms with van der Waals surface area (Å²) >= 11 is 0. The monoisotopic (exact) mass is 541 g/mol. The van der Waals surface area contributed by atoms with Crippen LogP contribution in [0.25, 0.3) is 0 Å². The van der Waals surface area contributed by atoms with E-state index in [1.165, 1.54) is 16.5 Å². The van der Waals surface area contributed by atoms with E-state index in [0.29, 0.717) is 12.1 Å². The van der Waals surface area contributed by atoms with Gasteiger partial charge in [0.15, 0.2) is 28.9 Å². The molecule has 0 radical (unpaired) electrons. The van der Waals surface area contributed by atoms with Crippen LogP contribution in [0.4, 0.5) is 24.7 Å². The average Bonchev–Trinajstić information content (AvgIpc) is 3.51. The number of rotatable bonds is 3. The number of fused-ring (bicyclic) bond motifs is 2. The Labute approximate surface area is 206 Å². The van der Waals surface area contributed by atoms with Crippen molar-refractivity contribution in [3.8, 4) is 5.75 Å². The van der Waals surface area contributed by atoms with Gasteiger partial charge in [0.2, 0.25) is 21.5 Å². The molecule has 1 fully saturated rings. The third-order valence-electron chi connectivity index (χ3n) is 6.04. The molecule has 1 saturated heterocycles. The first-order valence-corrected chi connectivity index (χ1v) is 12.1. The Morgan fingerprint density at radius 2 is 1.89 bits per heavy atom. The number of aromatic nitrogens is 3. The van der Waals surface area contributed by atoms with Gasteiger partial charge in [-0.3, -0.25) is 9.59 Å². The first-order chi connectivity index (χ1) is 17.5. The zero-order valence-corrected chi connectivity index (χ0v) is 19.7. The minimum atomic E-state index is -4.25. The van der Waals surface area contributed by atoms with Crippen LogP contribution in [0.5, 0.6) is 5.75 Å². The molecule has 0 saturated carbocycles. The van der Waals surface area contributed by atoms with Gasteiger partial charge in [-0.15, -0.1) is 0 Å². The number of benzene rings is 1. The normalized spacial score (nSPS) is 20.4. The van der Waals surface area contributed by atoms with Gasteiger partial charge in [0.25, 0.3) is 11.8 Å². The van der Waals surface area contributed by atoms with Crippen molar-refractivity contribution in [2.24, 2.45) is 13.0 Å². The molecular weight excluding hydrogens is 523 g/mol. The molecule has 196 valence electrons. The quantitative estimate of drug-likeness (QED) is 0.398. The van der Waals surface area contributed by atoms with Gasteiger partial charge < -0.3 is 25.3 Å². The predicted octanol–water partition coefficient (Wildman–Crippen LogP) is 0.471. The van der Waals surface area contributed by atoms with E-state index in [-0.39, 0.29) is 47.5 Å². The van der Waals surface area contributed by atoms with Crippen LogP contribution in [0.1, 0.15) is 21.0 Å². The maximum atomic E-state index is 13.6. The Morgan fingerprint density at radius 3 is 2.54 bits per heavy atom. The van der Waals surface area contributed by atoms with Crippen molar-refractivity contribution in [1.29, 1.82) is 0 Å². The van der Waals surface area contributed by atoms with Gasteiger partial charge in [-0.05, 0) is 10.3 Å². The van der Waals surface area contributed by atoms with Crippen LogP contribution < -0.4 is 20.5 Å². The van der Waals surface area contributed by atoms with E-state index >= 15 is 0 Å². The van der Waals surface area contributed by atoms with Crippen LogP contribution in [0.15, 0.2) is 27.9 Å². The lowest BCUT2D eigenvalue weighted by molar-refractivity contribution is 0.0771. The highest BCUT2D eigenvalue weighted by Gasteiger charge is 2.43. The number of likely N-dealkylation sites (tertiary alicyclic amines) is 1. The zero-order valence-electron chi connectivity index (χ0n) is 18.9. The largest absolute Gasteiger partial charge is 0.489 e. The number of sulfonamides is 1. The van der Waals surface area contributed by atoms with Gasteiger partial charge >= 0.3 is 0 Å². The fourth-order valence-corrected chi connectivity index (χ4v) is 5.76. The summed E-state index contributed by atoms with van der Waals surface area (Å²) < 4.78 is 80.7. The second-order valence-electron chi connectivity index (χ2n) is 8.50. The van der Waals surface area contributed by atoms with Crippen LogP contribution in [-0.2, 0) is 17.1 Å². The predicted molar refractivity (Wildman–Crippen MR) is 117 cm³/mol. The molecule has 2 amide bonds. The minimum absolute atomic E-state index is 0.0183. The lowest BCUT2D eigenvalue weighted by Crippen LogP contribution is -2.43. The van der Waals surface area contributed by atoms with E-state index in [1.807, 2.05) is 0 Å². The first-order valence-electron chi connectivity index (χ1n) is 10.6. The van der Waals surface area contributed by atoms with Crippen molar-refractivity contribution in [1.82, 2.24) is 24.5 Å². The molecule has 2 aliphatic rings. The number of amides is 2. The van der Waals surface area contributed by atoms with Gasteiger partial charge in [0.1, 0.15) is 4.90 Å². The molecule has 0 bridgehead atoms. The Hall–Kier alpha value is -4.12. The number of nitrogens with zero attached hydrogens (tertiary/aromatic N) is 4. The van der Waals surface area contributed by atoms with Gasteiger partial charge in [0, 0.05) is 56.1 Å². The van der Waals surface area contributed by atoms with Crippen LogP contribution in [0, 0.1) is 23.4 Å². The Morgan fingerprint density at radius 1 is 1.19 bits per heavy atom. The highest BCUT2D eigenvalue weighted by molar-refractivity contribution is 7.89. The summed E-state index contributed by atoms with van der Waals surface area (Å²) in [7, 11) is -2.87. The number of ether oxygens (including phenoxy) is 1. The molecule has 17 heteroatoms.